The van der Waals surface area contributed by atoms with Gasteiger partial charge in [0.2, 0.25) is 0 Å². The summed E-state index contributed by atoms with van der Waals surface area (Å²) in [5.41, 5.74) is -0.0585. The van der Waals surface area contributed by atoms with Crippen LogP contribution in [-0.2, 0) is 21.6 Å². The van der Waals surface area contributed by atoms with Crippen molar-refractivity contribution < 1.29 is 14.6 Å². The van der Waals surface area contributed by atoms with Gasteiger partial charge in [-0.25, -0.2) is 0 Å². The van der Waals surface area contributed by atoms with Gasteiger partial charge >= 0.3 is 0 Å². The highest BCUT2D eigenvalue weighted by atomic mass is 79.9. The predicted octanol–water partition coefficient (Wildman–Crippen LogP) is 1.54. The van der Waals surface area contributed by atoms with Crippen LogP contribution >= 0.6 is 15.9 Å². The first-order chi connectivity index (χ1) is 8.59. The molecule has 1 N–H and O–H groups in total. The second-order valence-corrected chi connectivity index (χ2v) is 5.56. The molecule has 1 saturated heterocycles. The van der Waals surface area contributed by atoms with E-state index < -0.39 is 5.60 Å². The van der Waals surface area contributed by atoms with Crippen molar-refractivity contribution in [3.8, 4) is 0 Å². The molecule has 102 valence electrons. The molecule has 0 amide bonds. The van der Waals surface area contributed by atoms with E-state index in [2.05, 4.69) is 21.0 Å². The fourth-order valence-corrected chi connectivity index (χ4v) is 3.00. The Kier molecular flexibility index (Phi) is 4.42. The van der Waals surface area contributed by atoms with Crippen LogP contribution in [0.4, 0.5) is 0 Å². The minimum absolute atomic E-state index is 0.0422. The number of aliphatic hydroxyl groups is 1. The lowest BCUT2D eigenvalue weighted by molar-refractivity contribution is -0.117. The van der Waals surface area contributed by atoms with E-state index in [1.54, 1.807) is 13.3 Å². The Morgan fingerprint density at radius 3 is 3.17 bits per heavy atom. The number of hydrogen-bond acceptors (Lipinski definition) is 4. The minimum atomic E-state index is -0.888. The smallest absolute Gasteiger partial charge is 0.114 e. The van der Waals surface area contributed by atoms with Gasteiger partial charge in [0.1, 0.15) is 5.60 Å². The Bertz CT molecular complexity index is 410. The first-order valence-electron chi connectivity index (χ1n) is 6.10. The van der Waals surface area contributed by atoms with Gasteiger partial charge in [-0.2, -0.15) is 5.10 Å². The highest BCUT2D eigenvalue weighted by Crippen LogP contribution is 2.39. The maximum Gasteiger partial charge on any atom is 0.114 e. The molecule has 0 radical (unpaired) electrons. The van der Waals surface area contributed by atoms with Crippen LogP contribution in [0.2, 0.25) is 0 Å². The Labute approximate surface area is 115 Å². The van der Waals surface area contributed by atoms with Crippen molar-refractivity contribution >= 4 is 15.9 Å². The molecule has 1 fully saturated rings. The van der Waals surface area contributed by atoms with Gasteiger partial charge in [0, 0.05) is 26.1 Å². The Hall–Kier alpha value is -0.430. The van der Waals surface area contributed by atoms with Crippen LogP contribution in [0.5, 0.6) is 0 Å². The number of hydrogen-bond donors (Lipinski definition) is 1. The van der Waals surface area contributed by atoms with Gasteiger partial charge in [-0.1, -0.05) is 6.92 Å². The van der Waals surface area contributed by atoms with Crippen molar-refractivity contribution in [1.29, 1.82) is 0 Å². The summed E-state index contributed by atoms with van der Waals surface area (Å²) < 4.78 is 13.1. The maximum atomic E-state index is 10.9. The number of aromatic nitrogens is 2. The third-order valence-electron chi connectivity index (χ3n) is 3.52. The number of ether oxygens (including phenoxy) is 2. The van der Waals surface area contributed by atoms with E-state index in [1.165, 1.54) is 0 Å². The van der Waals surface area contributed by atoms with Crippen molar-refractivity contribution in [2.75, 3.05) is 26.9 Å². The van der Waals surface area contributed by atoms with E-state index >= 15 is 0 Å². The Balaban J connectivity index is 2.32. The van der Waals surface area contributed by atoms with Gasteiger partial charge in [-0.3, -0.25) is 4.68 Å². The van der Waals surface area contributed by atoms with Crippen LogP contribution in [0.25, 0.3) is 0 Å². The summed E-state index contributed by atoms with van der Waals surface area (Å²) in [7, 11) is 1.66. The van der Waals surface area contributed by atoms with Gasteiger partial charge in [0.15, 0.2) is 0 Å². The standard InChI is InChI=1S/C12H19BrN2O3/c1-9-8-18-5-3-12(9,16)11-10(13)7-14-15(11)4-6-17-2/h7,9,16H,3-6,8H2,1-2H3. The van der Waals surface area contributed by atoms with Gasteiger partial charge in [0.25, 0.3) is 0 Å². The molecule has 1 aromatic heterocycles. The number of rotatable bonds is 4. The number of nitrogens with zero attached hydrogens (tertiary/aromatic N) is 2. The molecular weight excluding hydrogens is 300 g/mol. The largest absolute Gasteiger partial charge is 0.383 e. The predicted molar refractivity (Wildman–Crippen MR) is 70.3 cm³/mol. The normalized spacial score (nSPS) is 28.6. The van der Waals surface area contributed by atoms with Gasteiger partial charge in [-0.05, 0) is 15.9 Å². The molecule has 2 atom stereocenters. The lowest BCUT2D eigenvalue weighted by atomic mass is 9.82. The monoisotopic (exact) mass is 318 g/mol. The molecule has 1 aliphatic heterocycles. The third kappa shape index (κ3) is 2.47. The quantitative estimate of drug-likeness (QED) is 0.915. The molecule has 0 saturated carbocycles. The zero-order chi connectivity index (χ0) is 13.2. The molecule has 1 aliphatic rings. The molecule has 0 spiro atoms. The van der Waals surface area contributed by atoms with Crippen LogP contribution in [-0.4, -0.2) is 41.8 Å². The van der Waals surface area contributed by atoms with E-state index in [0.717, 1.165) is 10.2 Å². The Morgan fingerprint density at radius 2 is 2.50 bits per heavy atom. The average Bonchev–Trinajstić information content (AvgIpc) is 2.72. The second-order valence-electron chi connectivity index (χ2n) is 4.71. The molecule has 2 rings (SSSR count). The number of methoxy groups -OCH3 is 1. The fourth-order valence-electron chi connectivity index (χ4n) is 2.36. The SMILES string of the molecule is COCCn1ncc(Br)c1C1(O)CCOCC1C. The summed E-state index contributed by atoms with van der Waals surface area (Å²) in [4.78, 5) is 0. The van der Waals surface area contributed by atoms with Gasteiger partial charge in [-0.15, -0.1) is 0 Å². The molecule has 2 heterocycles. The zero-order valence-electron chi connectivity index (χ0n) is 10.7. The highest BCUT2D eigenvalue weighted by Gasteiger charge is 2.42. The molecule has 2 unspecified atom stereocenters. The second kappa shape index (κ2) is 5.69. The van der Waals surface area contributed by atoms with E-state index in [1.807, 2.05) is 11.6 Å². The van der Waals surface area contributed by atoms with Crippen molar-refractivity contribution in [2.45, 2.75) is 25.5 Å². The molecule has 0 bridgehead atoms. The topological polar surface area (TPSA) is 56.5 Å². The van der Waals surface area contributed by atoms with Crippen molar-refractivity contribution in [1.82, 2.24) is 9.78 Å². The van der Waals surface area contributed by atoms with Gasteiger partial charge in [0.05, 0.1) is 36.1 Å². The zero-order valence-corrected chi connectivity index (χ0v) is 12.3. The van der Waals surface area contributed by atoms with E-state index in [0.29, 0.717) is 32.8 Å². The summed E-state index contributed by atoms with van der Waals surface area (Å²) in [6, 6.07) is 0. The molecule has 5 nitrogen and oxygen atoms in total. The lowest BCUT2D eigenvalue weighted by Gasteiger charge is -2.38. The van der Waals surface area contributed by atoms with E-state index in [-0.39, 0.29) is 5.92 Å². The highest BCUT2D eigenvalue weighted by molar-refractivity contribution is 9.10. The maximum absolute atomic E-state index is 10.9. The molecule has 0 aromatic carbocycles. The minimum Gasteiger partial charge on any atom is -0.383 e. The summed E-state index contributed by atoms with van der Waals surface area (Å²) >= 11 is 3.48. The molecule has 0 aliphatic carbocycles. The van der Waals surface area contributed by atoms with Crippen LogP contribution < -0.4 is 0 Å². The average molecular weight is 319 g/mol. The van der Waals surface area contributed by atoms with E-state index in [4.69, 9.17) is 9.47 Å². The van der Waals surface area contributed by atoms with Crippen LogP contribution in [0.3, 0.4) is 0 Å². The molecule has 6 heteroatoms. The third-order valence-corrected chi connectivity index (χ3v) is 4.10. The van der Waals surface area contributed by atoms with Crippen LogP contribution in [0, 0.1) is 5.92 Å². The fraction of sp³-hybridized carbons (Fsp3) is 0.750. The molecule has 1 aromatic rings. The summed E-state index contributed by atoms with van der Waals surface area (Å²) in [5.74, 6) is 0.0422. The number of halogens is 1. The lowest BCUT2D eigenvalue weighted by Crippen LogP contribution is -2.43. The first kappa shape index (κ1) is 14.0. The molecular formula is C12H19BrN2O3. The van der Waals surface area contributed by atoms with Crippen LogP contribution in [0.1, 0.15) is 19.0 Å². The van der Waals surface area contributed by atoms with E-state index in [9.17, 15) is 5.11 Å². The first-order valence-corrected chi connectivity index (χ1v) is 6.89. The summed E-state index contributed by atoms with van der Waals surface area (Å²) in [6.07, 6.45) is 2.32. The van der Waals surface area contributed by atoms with Crippen molar-refractivity contribution in [3.05, 3.63) is 16.4 Å². The van der Waals surface area contributed by atoms with Crippen molar-refractivity contribution in [3.63, 3.8) is 0 Å². The Morgan fingerprint density at radius 1 is 1.72 bits per heavy atom. The summed E-state index contributed by atoms with van der Waals surface area (Å²) in [5, 5.41) is 15.2. The van der Waals surface area contributed by atoms with Crippen LogP contribution in [0.15, 0.2) is 10.7 Å². The van der Waals surface area contributed by atoms with Crippen molar-refractivity contribution in [2.24, 2.45) is 5.92 Å². The summed E-state index contributed by atoms with van der Waals surface area (Å²) in [6.45, 7) is 4.34. The molecule has 18 heavy (non-hydrogen) atoms. The van der Waals surface area contributed by atoms with Gasteiger partial charge < -0.3 is 14.6 Å².